The highest BCUT2D eigenvalue weighted by Crippen LogP contribution is 2.26. The number of hydrogen-bond donors (Lipinski definition) is 0. The lowest BCUT2D eigenvalue weighted by Gasteiger charge is -2.14. The van der Waals surface area contributed by atoms with E-state index in [1.165, 1.54) is 0 Å². The second kappa shape index (κ2) is 7.84. The van der Waals surface area contributed by atoms with Gasteiger partial charge >= 0.3 is 0 Å². The largest absolute Gasteiger partial charge is 0.274 e. The third-order valence-corrected chi connectivity index (χ3v) is 4.05. The summed E-state index contributed by atoms with van der Waals surface area (Å²) >= 11 is 6.23. The van der Waals surface area contributed by atoms with Gasteiger partial charge in [-0.25, -0.2) is 4.98 Å². The van der Waals surface area contributed by atoms with Crippen LogP contribution in [0.3, 0.4) is 0 Å². The molecule has 4 heteroatoms. The van der Waals surface area contributed by atoms with Crippen molar-refractivity contribution in [2.45, 2.75) is 19.4 Å². The second-order valence-corrected chi connectivity index (χ2v) is 5.72. The van der Waals surface area contributed by atoms with Crippen LogP contribution in [0.15, 0.2) is 78.0 Å². The van der Waals surface area contributed by atoms with E-state index >= 15 is 0 Å². The smallest absolute Gasteiger partial charge is 0.152 e. The Morgan fingerprint density at radius 2 is 1.46 bits per heavy atom. The van der Waals surface area contributed by atoms with Crippen molar-refractivity contribution in [2.24, 2.45) is 4.99 Å². The van der Waals surface area contributed by atoms with Crippen LogP contribution in [0.25, 0.3) is 0 Å². The van der Waals surface area contributed by atoms with E-state index in [1.54, 1.807) is 12.4 Å². The lowest BCUT2D eigenvalue weighted by molar-refractivity contribution is 0.674. The molecule has 0 aliphatic rings. The minimum absolute atomic E-state index is 0.137. The Kier molecular flexibility index (Phi) is 5.34. The third kappa shape index (κ3) is 3.69. The molecule has 0 saturated carbocycles. The summed E-state index contributed by atoms with van der Waals surface area (Å²) in [5.74, 6) is 0. The molecular weight excluding hydrogens is 318 g/mol. The second-order valence-electron chi connectivity index (χ2n) is 5.37. The number of nitrogens with zero attached hydrogens (tertiary/aromatic N) is 3. The van der Waals surface area contributed by atoms with Crippen LogP contribution in [0.5, 0.6) is 0 Å². The zero-order valence-corrected chi connectivity index (χ0v) is 14.2. The highest BCUT2D eigenvalue weighted by atomic mass is 35.5. The normalized spacial score (nSPS) is 11.8. The van der Waals surface area contributed by atoms with E-state index in [0.717, 1.165) is 23.3 Å². The van der Waals surface area contributed by atoms with Gasteiger partial charge in [0.25, 0.3) is 0 Å². The molecule has 0 fully saturated rings. The first kappa shape index (κ1) is 16.3. The van der Waals surface area contributed by atoms with Crippen molar-refractivity contribution in [1.82, 2.24) is 9.97 Å². The zero-order valence-electron chi connectivity index (χ0n) is 13.4. The van der Waals surface area contributed by atoms with Gasteiger partial charge in [0.1, 0.15) is 5.69 Å². The monoisotopic (exact) mass is 335 g/mol. The van der Waals surface area contributed by atoms with Crippen molar-refractivity contribution in [3.63, 3.8) is 0 Å². The summed E-state index contributed by atoms with van der Waals surface area (Å²) in [6.45, 7) is 2.08. The van der Waals surface area contributed by atoms with E-state index in [0.29, 0.717) is 10.8 Å². The molecule has 3 nitrogen and oxygen atoms in total. The number of benzene rings is 2. The van der Waals surface area contributed by atoms with Gasteiger partial charge in [-0.1, -0.05) is 79.2 Å². The van der Waals surface area contributed by atoms with Crippen LogP contribution in [-0.2, 0) is 0 Å². The van der Waals surface area contributed by atoms with Crippen molar-refractivity contribution < 1.29 is 0 Å². The van der Waals surface area contributed by atoms with Gasteiger partial charge in [0, 0.05) is 23.5 Å². The highest BCUT2D eigenvalue weighted by Gasteiger charge is 2.16. The summed E-state index contributed by atoms with van der Waals surface area (Å²) in [4.78, 5) is 13.5. The van der Waals surface area contributed by atoms with Gasteiger partial charge in [-0.3, -0.25) is 9.98 Å². The van der Waals surface area contributed by atoms with Crippen molar-refractivity contribution in [1.29, 1.82) is 0 Å². The molecule has 3 aromatic rings. The van der Waals surface area contributed by atoms with Gasteiger partial charge in [-0.15, -0.1) is 0 Å². The molecule has 0 bridgehead atoms. The molecule has 0 saturated heterocycles. The molecule has 1 unspecified atom stereocenters. The van der Waals surface area contributed by atoms with E-state index in [9.17, 15) is 0 Å². The Labute approximate surface area is 147 Å². The van der Waals surface area contributed by atoms with Crippen LogP contribution in [0.4, 0.5) is 0 Å². The first-order chi connectivity index (χ1) is 11.8. The van der Waals surface area contributed by atoms with Crippen LogP contribution in [-0.4, -0.2) is 15.7 Å². The number of aromatic nitrogens is 2. The fraction of sp³-hybridized carbons (Fsp3) is 0.150. The topological polar surface area (TPSA) is 38.1 Å². The lowest BCUT2D eigenvalue weighted by Crippen LogP contribution is -2.08. The van der Waals surface area contributed by atoms with Crippen LogP contribution < -0.4 is 0 Å². The average Bonchev–Trinajstić information content (AvgIpc) is 2.65. The number of aliphatic imine (C=N–C) groups is 1. The van der Waals surface area contributed by atoms with Gasteiger partial charge < -0.3 is 0 Å². The maximum atomic E-state index is 6.23. The maximum Gasteiger partial charge on any atom is 0.152 e. The van der Waals surface area contributed by atoms with Crippen LogP contribution in [0.2, 0.25) is 5.15 Å². The van der Waals surface area contributed by atoms with E-state index in [1.807, 2.05) is 36.4 Å². The standard InChI is InChI=1S/C20H18ClN3/c1-2-17(19-20(21)23-14-13-22-19)24-18(15-9-5-3-6-10-15)16-11-7-4-8-12-16/h3-14,17H,2H2,1H3. The van der Waals surface area contributed by atoms with Gasteiger partial charge in [0.2, 0.25) is 0 Å². The molecule has 2 aromatic carbocycles. The molecule has 0 N–H and O–H groups in total. The SMILES string of the molecule is CCC(N=C(c1ccccc1)c1ccccc1)c1nccnc1Cl. The number of halogens is 1. The lowest BCUT2D eigenvalue weighted by atomic mass is 10.0. The molecule has 0 radical (unpaired) electrons. The van der Waals surface area contributed by atoms with Crippen LogP contribution >= 0.6 is 11.6 Å². The summed E-state index contributed by atoms with van der Waals surface area (Å²) in [6.07, 6.45) is 4.04. The van der Waals surface area contributed by atoms with E-state index < -0.39 is 0 Å². The van der Waals surface area contributed by atoms with Crippen LogP contribution in [0, 0.1) is 0 Å². The Morgan fingerprint density at radius 3 is 1.96 bits per heavy atom. The number of rotatable bonds is 5. The minimum atomic E-state index is -0.137. The maximum absolute atomic E-state index is 6.23. The van der Waals surface area contributed by atoms with E-state index in [2.05, 4.69) is 41.2 Å². The predicted octanol–water partition coefficient (Wildman–Crippen LogP) is 5.12. The predicted molar refractivity (Wildman–Crippen MR) is 98.6 cm³/mol. The molecule has 0 aliphatic carbocycles. The molecule has 1 heterocycles. The van der Waals surface area contributed by atoms with Crippen molar-refractivity contribution in [3.8, 4) is 0 Å². The van der Waals surface area contributed by atoms with Crippen molar-refractivity contribution in [2.75, 3.05) is 0 Å². The molecule has 1 aromatic heterocycles. The third-order valence-electron chi connectivity index (χ3n) is 3.76. The van der Waals surface area contributed by atoms with Crippen molar-refractivity contribution >= 4 is 17.3 Å². The quantitative estimate of drug-likeness (QED) is 0.607. The van der Waals surface area contributed by atoms with Gasteiger partial charge in [-0.05, 0) is 6.42 Å². The Bertz CT molecular complexity index is 775. The fourth-order valence-electron chi connectivity index (χ4n) is 2.56. The first-order valence-corrected chi connectivity index (χ1v) is 8.32. The molecule has 0 spiro atoms. The summed E-state index contributed by atoms with van der Waals surface area (Å²) in [5.41, 5.74) is 3.79. The van der Waals surface area contributed by atoms with Gasteiger partial charge in [-0.2, -0.15) is 0 Å². The Balaban J connectivity index is 2.11. The molecule has 120 valence electrons. The van der Waals surface area contributed by atoms with Crippen molar-refractivity contribution in [3.05, 3.63) is 95.0 Å². The average molecular weight is 336 g/mol. The first-order valence-electron chi connectivity index (χ1n) is 7.94. The summed E-state index contributed by atoms with van der Waals surface area (Å²) < 4.78 is 0. The Hall–Kier alpha value is -2.52. The molecule has 0 amide bonds. The fourth-order valence-corrected chi connectivity index (χ4v) is 2.80. The summed E-state index contributed by atoms with van der Waals surface area (Å²) in [6, 6.07) is 20.2. The van der Waals surface area contributed by atoms with Gasteiger partial charge in [0.05, 0.1) is 11.8 Å². The zero-order chi connectivity index (χ0) is 16.8. The molecule has 24 heavy (non-hydrogen) atoms. The minimum Gasteiger partial charge on any atom is -0.274 e. The summed E-state index contributed by atoms with van der Waals surface area (Å²) in [5, 5.41) is 0.411. The van der Waals surface area contributed by atoms with Crippen LogP contribution in [0.1, 0.15) is 36.2 Å². The molecule has 0 aliphatic heterocycles. The number of hydrogen-bond acceptors (Lipinski definition) is 3. The Morgan fingerprint density at radius 1 is 0.917 bits per heavy atom. The highest BCUT2D eigenvalue weighted by molar-refractivity contribution is 6.30. The molecular formula is C20H18ClN3. The molecule has 3 rings (SSSR count). The van der Waals surface area contributed by atoms with E-state index in [4.69, 9.17) is 16.6 Å². The van der Waals surface area contributed by atoms with E-state index in [-0.39, 0.29) is 6.04 Å². The van der Waals surface area contributed by atoms with Gasteiger partial charge in [0.15, 0.2) is 5.15 Å². The summed E-state index contributed by atoms with van der Waals surface area (Å²) in [7, 11) is 0. The molecule has 1 atom stereocenters.